The van der Waals surface area contributed by atoms with E-state index in [1.807, 2.05) is 0 Å². The van der Waals surface area contributed by atoms with E-state index in [9.17, 15) is 17.6 Å². The van der Waals surface area contributed by atoms with Crippen molar-refractivity contribution < 1.29 is 27.1 Å². The van der Waals surface area contributed by atoms with Crippen LogP contribution in [0, 0.1) is 5.82 Å². The SMILES string of the molecule is COc1ccc(S(=O)(=O)NCc2ccc(OCc3ccc(F)cc3)cc2)cc1C(=O)N1CCCCC1. The third-order valence-corrected chi connectivity index (χ3v) is 7.46. The van der Waals surface area contributed by atoms with Crippen molar-refractivity contribution in [1.82, 2.24) is 9.62 Å². The molecule has 1 amide bonds. The summed E-state index contributed by atoms with van der Waals surface area (Å²) in [4.78, 5) is 14.8. The van der Waals surface area contributed by atoms with Gasteiger partial charge in [0.05, 0.1) is 17.6 Å². The predicted octanol–water partition coefficient (Wildman–Crippen LogP) is 4.52. The molecule has 0 radical (unpaired) electrons. The first kappa shape index (κ1) is 25.7. The molecule has 0 saturated carbocycles. The largest absolute Gasteiger partial charge is 0.496 e. The summed E-state index contributed by atoms with van der Waals surface area (Å²) in [6.45, 7) is 1.67. The minimum Gasteiger partial charge on any atom is -0.496 e. The standard InChI is InChI=1S/C27H29FN2O5S/c1-34-26-14-13-24(17-25(26)27(31)30-15-3-2-4-16-30)36(32,33)29-18-20-7-11-23(12-8-20)35-19-21-5-9-22(28)10-6-21/h5-14,17,29H,2-4,15-16,18-19H2,1H3. The number of ether oxygens (including phenoxy) is 2. The number of hydrogen-bond acceptors (Lipinski definition) is 5. The lowest BCUT2D eigenvalue weighted by Crippen LogP contribution is -2.36. The fourth-order valence-electron chi connectivity index (χ4n) is 4.00. The number of amides is 1. The summed E-state index contributed by atoms with van der Waals surface area (Å²) in [5, 5.41) is 0. The molecule has 0 aliphatic carbocycles. The molecule has 0 aromatic heterocycles. The first-order valence-corrected chi connectivity index (χ1v) is 13.3. The van der Waals surface area contributed by atoms with Gasteiger partial charge in [-0.15, -0.1) is 0 Å². The highest BCUT2D eigenvalue weighted by atomic mass is 32.2. The number of nitrogens with one attached hydrogen (secondary N) is 1. The average molecular weight is 513 g/mol. The molecule has 0 unspecified atom stereocenters. The predicted molar refractivity (Wildman–Crippen MR) is 134 cm³/mol. The van der Waals surface area contributed by atoms with Gasteiger partial charge in [-0.25, -0.2) is 17.5 Å². The maximum absolute atomic E-state index is 13.0. The molecule has 36 heavy (non-hydrogen) atoms. The third-order valence-electron chi connectivity index (χ3n) is 6.06. The first-order valence-electron chi connectivity index (χ1n) is 11.8. The molecule has 1 fully saturated rings. The number of sulfonamides is 1. The summed E-state index contributed by atoms with van der Waals surface area (Å²) < 4.78 is 52.6. The van der Waals surface area contributed by atoms with Crippen LogP contribution in [0.25, 0.3) is 0 Å². The van der Waals surface area contributed by atoms with E-state index in [0.29, 0.717) is 31.2 Å². The molecule has 3 aromatic carbocycles. The zero-order valence-corrected chi connectivity index (χ0v) is 20.9. The van der Waals surface area contributed by atoms with E-state index in [0.717, 1.165) is 30.4 Å². The maximum Gasteiger partial charge on any atom is 0.257 e. The second-order valence-corrected chi connectivity index (χ2v) is 10.4. The second-order valence-electron chi connectivity index (χ2n) is 8.60. The van der Waals surface area contributed by atoms with Crippen molar-refractivity contribution in [3.05, 3.63) is 89.2 Å². The summed E-state index contributed by atoms with van der Waals surface area (Å²) in [6, 6.07) is 17.4. The van der Waals surface area contributed by atoms with Crippen LogP contribution >= 0.6 is 0 Å². The Labute approximate surface area is 210 Å². The van der Waals surface area contributed by atoms with Gasteiger partial charge in [-0.1, -0.05) is 24.3 Å². The highest BCUT2D eigenvalue weighted by molar-refractivity contribution is 7.89. The molecule has 7 nitrogen and oxygen atoms in total. The fraction of sp³-hybridized carbons (Fsp3) is 0.296. The van der Waals surface area contributed by atoms with E-state index in [2.05, 4.69) is 4.72 Å². The van der Waals surface area contributed by atoms with Crippen LogP contribution in [-0.2, 0) is 23.2 Å². The van der Waals surface area contributed by atoms with Crippen LogP contribution in [0.1, 0.15) is 40.7 Å². The van der Waals surface area contributed by atoms with Gasteiger partial charge in [0.1, 0.15) is 23.9 Å². The fourth-order valence-corrected chi connectivity index (χ4v) is 5.04. The molecule has 0 bridgehead atoms. The molecule has 1 aliphatic rings. The summed E-state index contributed by atoms with van der Waals surface area (Å²) in [5.41, 5.74) is 1.82. The van der Waals surface area contributed by atoms with E-state index in [4.69, 9.17) is 9.47 Å². The lowest BCUT2D eigenvalue weighted by molar-refractivity contribution is 0.0720. The number of rotatable bonds is 9. The van der Waals surface area contributed by atoms with Crippen LogP contribution in [0.2, 0.25) is 0 Å². The highest BCUT2D eigenvalue weighted by Crippen LogP contribution is 2.25. The number of carbonyl (C=O) groups is 1. The molecule has 9 heteroatoms. The van der Waals surface area contributed by atoms with Gasteiger partial charge in [-0.05, 0) is 72.9 Å². The molecule has 0 spiro atoms. The number of piperidine rings is 1. The van der Waals surface area contributed by atoms with E-state index in [-0.39, 0.29) is 28.7 Å². The van der Waals surface area contributed by atoms with Gasteiger partial charge >= 0.3 is 0 Å². The number of halogens is 1. The molecule has 1 aliphatic heterocycles. The zero-order valence-electron chi connectivity index (χ0n) is 20.1. The Morgan fingerprint density at radius 1 is 0.944 bits per heavy atom. The van der Waals surface area contributed by atoms with Gasteiger partial charge in [0.25, 0.3) is 5.91 Å². The molecule has 1 N–H and O–H groups in total. The van der Waals surface area contributed by atoms with Crippen molar-refractivity contribution in [1.29, 1.82) is 0 Å². The summed E-state index contributed by atoms with van der Waals surface area (Å²) >= 11 is 0. The smallest absolute Gasteiger partial charge is 0.257 e. The Hall–Kier alpha value is -3.43. The molecule has 1 heterocycles. The maximum atomic E-state index is 13.0. The van der Waals surface area contributed by atoms with E-state index >= 15 is 0 Å². The number of likely N-dealkylation sites (tertiary alicyclic amines) is 1. The second kappa shape index (κ2) is 11.5. The number of carbonyl (C=O) groups excluding carboxylic acids is 1. The molecule has 190 valence electrons. The molecular formula is C27H29FN2O5S. The number of nitrogens with zero attached hydrogens (tertiary/aromatic N) is 1. The van der Waals surface area contributed by atoms with Gasteiger partial charge in [0.2, 0.25) is 10.0 Å². The van der Waals surface area contributed by atoms with Gasteiger partial charge in [0, 0.05) is 19.6 Å². The van der Waals surface area contributed by atoms with Crippen LogP contribution < -0.4 is 14.2 Å². The Balaban J connectivity index is 1.39. The van der Waals surface area contributed by atoms with Crippen LogP contribution in [0.5, 0.6) is 11.5 Å². The summed E-state index contributed by atoms with van der Waals surface area (Å²) in [6.07, 6.45) is 2.95. The zero-order chi connectivity index (χ0) is 25.5. The van der Waals surface area contributed by atoms with Crippen molar-refractivity contribution >= 4 is 15.9 Å². The van der Waals surface area contributed by atoms with E-state index in [1.54, 1.807) is 41.3 Å². The Bertz CT molecular complexity index is 1290. The molecule has 0 atom stereocenters. The van der Waals surface area contributed by atoms with Crippen molar-refractivity contribution in [3.8, 4) is 11.5 Å². The van der Waals surface area contributed by atoms with Crippen molar-refractivity contribution in [2.24, 2.45) is 0 Å². The van der Waals surface area contributed by atoms with Crippen LogP contribution in [0.3, 0.4) is 0 Å². The van der Waals surface area contributed by atoms with Crippen LogP contribution in [-0.4, -0.2) is 39.4 Å². The molecule has 1 saturated heterocycles. The quantitative estimate of drug-likeness (QED) is 0.456. The topological polar surface area (TPSA) is 84.9 Å². The van der Waals surface area contributed by atoms with Crippen LogP contribution in [0.4, 0.5) is 4.39 Å². The van der Waals surface area contributed by atoms with Gasteiger partial charge < -0.3 is 14.4 Å². The third kappa shape index (κ3) is 6.41. The molecular weight excluding hydrogens is 483 g/mol. The van der Waals surface area contributed by atoms with Gasteiger partial charge in [-0.3, -0.25) is 4.79 Å². The monoisotopic (exact) mass is 512 g/mol. The highest BCUT2D eigenvalue weighted by Gasteiger charge is 2.24. The minimum absolute atomic E-state index is 0.00270. The lowest BCUT2D eigenvalue weighted by atomic mass is 10.1. The number of hydrogen-bond donors (Lipinski definition) is 1. The van der Waals surface area contributed by atoms with E-state index in [1.165, 1.54) is 37.4 Å². The van der Waals surface area contributed by atoms with E-state index < -0.39 is 10.0 Å². The average Bonchev–Trinajstić information content (AvgIpc) is 2.92. The first-order chi connectivity index (χ1) is 17.4. The van der Waals surface area contributed by atoms with Crippen molar-refractivity contribution in [3.63, 3.8) is 0 Å². The minimum atomic E-state index is -3.87. The lowest BCUT2D eigenvalue weighted by Gasteiger charge is -2.27. The Kier molecular flexibility index (Phi) is 8.22. The Morgan fingerprint density at radius 3 is 2.28 bits per heavy atom. The number of methoxy groups -OCH3 is 1. The normalized spacial score (nSPS) is 13.9. The van der Waals surface area contributed by atoms with Crippen molar-refractivity contribution in [2.75, 3.05) is 20.2 Å². The summed E-state index contributed by atoms with van der Waals surface area (Å²) in [7, 11) is -2.41. The Morgan fingerprint density at radius 2 is 1.61 bits per heavy atom. The van der Waals surface area contributed by atoms with Crippen molar-refractivity contribution in [2.45, 2.75) is 37.3 Å². The van der Waals surface area contributed by atoms with Crippen LogP contribution in [0.15, 0.2) is 71.6 Å². The summed E-state index contributed by atoms with van der Waals surface area (Å²) in [5.74, 6) is 0.438. The molecule has 4 rings (SSSR count). The van der Waals surface area contributed by atoms with Gasteiger partial charge in [-0.2, -0.15) is 0 Å². The van der Waals surface area contributed by atoms with Gasteiger partial charge in [0.15, 0.2) is 0 Å². The molecule has 3 aromatic rings. The number of benzene rings is 3.